The van der Waals surface area contributed by atoms with Crippen LogP contribution in [0, 0.1) is 5.92 Å². The molecule has 0 aromatic heterocycles. The maximum Gasteiger partial charge on any atom is 0.323 e. The average Bonchev–Trinajstić information content (AvgIpc) is 2.42. The molecule has 21 heavy (non-hydrogen) atoms. The fraction of sp³-hybridized carbons (Fsp3) is 0.786. The van der Waals surface area contributed by atoms with Crippen molar-refractivity contribution in [3.8, 4) is 0 Å². The maximum absolute atomic E-state index is 12.5. The number of piperidine rings is 1. The Bertz CT molecular complexity index is 390. The predicted octanol–water partition coefficient (Wildman–Crippen LogP) is -0.280. The zero-order chi connectivity index (χ0) is 16.0. The van der Waals surface area contributed by atoms with Crippen LogP contribution in [0.15, 0.2) is 0 Å². The number of carbonyl (C=O) groups excluding carboxylic acids is 2. The van der Waals surface area contributed by atoms with Crippen LogP contribution in [0.25, 0.3) is 0 Å². The smallest absolute Gasteiger partial charge is 0.323 e. The first-order chi connectivity index (χ1) is 9.81. The van der Waals surface area contributed by atoms with Gasteiger partial charge in [0, 0.05) is 39.0 Å². The van der Waals surface area contributed by atoms with Crippen LogP contribution < -0.4 is 0 Å². The Hall–Kier alpha value is -1.63. The Labute approximate surface area is 125 Å². The van der Waals surface area contributed by atoms with E-state index in [2.05, 4.69) is 0 Å². The average molecular weight is 299 g/mol. The summed E-state index contributed by atoms with van der Waals surface area (Å²) in [6, 6.07) is 0. The Morgan fingerprint density at radius 2 is 1.71 bits per heavy atom. The Balaban J connectivity index is 2.59. The second-order valence-corrected chi connectivity index (χ2v) is 5.74. The molecule has 0 spiro atoms. The Kier molecular flexibility index (Phi) is 6.61. The first-order valence-electron chi connectivity index (χ1n) is 7.22. The van der Waals surface area contributed by atoms with E-state index < -0.39 is 5.97 Å². The molecule has 120 valence electrons. The molecule has 1 aliphatic heterocycles. The lowest BCUT2D eigenvalue weighted by Gasteiger charge is -2.33. The highest BCUT2D eigenvalue weighted by molar-refractivity contribution is 5.83. The monoisotopic (exact) mass is 299 g/mol. The van der Waals surface area contributed by atoms with Crippen LogP contribution in [0.1, 0.15) is 19.8 Å². The summed E-state index contributed by atoms with van der Waals surface area (Å²) >= 11 is 0. The Morgan fingerprint density at radius 1 is 1.14 bits per heavy atom. The summed E-state index contributed by atoms with van der Waals surface area (Å²) in [5, 5.41) is 8.95. The van der Waals surface area contributed by atoms with E-state index in [1.165, 1.54) is 11.8 Å². The molecule has 1 saturated heterocycles. The van der Waals surface area contributed by atoms with Gasteiger partial charge in [-0.1, -0.05) is 0 Å². The summed E-state index contributed by atoms with van der Waals surface area (Å²) in [5.41, 5.74) is 0. The number of carboxylic acid groups (broad SMARTS) is 1. The minimum Gasteiger partial charge on any atom is -0.480 e. The zero-order valence-corrected chi connectivity index (χ0v) is 13.0. The molecule has 0 atom stereocenters. The highest BCUT2D eigenvalue weighted by Crippen LogP contribution is 2.19. The van der Waals surface area contributed by atoms with Crippen molar-refractivity contribution < 1.29 is 19.5 Å². The number of hydrogen-bond acceptors (Lipinski definition) is 4. The second-order valence-electron chi connectivity index (χ2n) is 5.74. The minimum atomic E-state index is -0.997. The molecular formula is C14H25N3O4. The van der Waals surface area contributed by atoms with E-state index in [0.29, 0.717) is 39.0 Å². The third-order valence-corrected chi connectivity index (χ3v) is 3.74. The number of rotatable bonds is 6. The second kappa shape index (κ2) is 7.97. The summed E-state index contributed by atoms with van der Waals surface area (Å²) in [6.45, 7) is 3.44. The molecule has 0 bridgehead atoms. The van der Waals surface area contributed by atoms with Gasteiger partial charge < -0.3 is 19.8 Å². The fourth-order valence-electron chi connectivity index (χ4n) is 2.45. The van der Waals surface area contributed by atoms with Gasteiger partial charge in [-0.05, 0) is 26.9 Å². The van der Waals surface area contributed by atoms with E-state index in [1.54, 1.807) is 4.90 Å². The van der Waals surface area contributed by atoms with Crippen molar-refractivity contribution in [1.82, 2.24) is 14.7 Å². The molecule has 0 radical (unpaired) electrons. The minimum absolute atomic E-state index is 0.0240. The van der Waals surface area contributed by atoms with Crippen LogP contribution in [-0.2, 0) is 14.4 Å². The van der Waals surface area contributed by atoms with Gasteiger partial charge in [0.25, 0.3) is 0 Å². The van der Waals surface area contributed by atoms with Crippen LogP contribution in [0.2, 0.25) is 0 Å². The lowest BCUT2D eigenvalue weighted by molar-refractivity contribution is -0.147. The molecule has 1 fully saturated rings. The molecule has 1 aliphatic rings. The quantitative estimate of drug-likeness (QED) is 0.729. The molecule has 7 heteroatoms. The topological polar surface area (TPSA) is 81.2 Å². The fourth-order valence-corrected chi connectivity index (χ4v) is 2.45. The molecule has 1 rings (SSSR count). The van der Waals surface area contributed by atoms with Gasteiger partial charge >= 0.3 is 5.97 Å². The first kappa shape index (κ1) is 17.4. The molecule has 2 amide bonds. The van der Waals surface area contributed by atoms with Gasteiger partial charge in [0.15, 0.2) is 0 Å². The third kappa shape index (κ3) is 5.71. The number of hydrogen-bond donors (Lipinski definition) is 1. The van der Waals surface area contributed by atoms with Crippen molar-refractivity contribution in [2.24, 2.45) is 5.92 Å². The normalized spacial score (nSPS) is 16.1. The van der Waals surface area contributed by atoms with E-state index in [0.717, 1.165) is 0 Å². The lowest BCUT2D eigenvalue weighted by Crippen LogP contribution is -2.46. The molecule has 0 aromatic carbocycles. The van der Waals surface area contributed by atoms with Gasteiger partial charge in [0.2, 0.25) is 11.8 Å². The first-order valence-corrected chi connectivity index (χ1v) is 7.22. The highest BCUT2D eigenvalue weighted by Gasteiger charge is 2.30. The highest BCUT2D eigenvalue weighted by atomic mass is 16.4. The van der Waals surface area contributed by atoms with Crippen LogP contribution in [-0.4, -0.2) is 84.4 Å². The van der Waals surface area contributed by atoms with Crippen molar-refractivity contribution in [1.29, 1.82) is 0 Å². The predicted molar refractivity (Wildman–Crippen MR) is 77.7 cm³/mol. The summed E-state index contributed by atoms with van der Waals surface area (Å²) in [7, 11) is 3.77. The summed E-state index contributed by atoms with van der Waals surface area (Å²) in [6.07, 6.45) is 1.22. The van der Waals surface area contributed by atoms with E-state index in [1.807, 2.05) is 19.0 Å². The molecule has 0 aromatic rings. The van der Waals surface area contributed by atoms with Crippen molar-refractivity contribution in [3.63, 3.8) is 0 Å². The van der Waals surface area contributed by atoms with Gasteiger partial charge in [-0.25, -0.2) is 0 Å². The molecule has 0 unspecified atom stereocenters. The van der Waals surface area contributed by atoms with Gasteiger partial charge in [-0.2, -0.15) is 0 Å². The van der Waals surface area contributed by atoms with E-state index >= 15 is 0 Å². The summed E-state index contributed by atoms with van der Waals surface area (Å²) in [5.74, 6) is -1.26. The van der Waals surface area contributed by atoms with Crippen LogP contribution in [0.5, 0.6) is 0 Å². The molecule has 7 nitrogen and oxygen atoms in total. The largest absolute Gasteiger partial charge is 0.480 e. The number of aliphatic carboxylic acids is 1. The van der Waals surface area contributed by atoms with Crippen molar-refractivity contribution in [2.45, 2.75) is 19.8 Å². The standard InChI is InChI=1S/C14H25N3O4/c1-11(18)16-6-4-12(5-7-16)14(21)17(10-13(19)20)9-8-15(2)3/h12H,4-10H2,1-3H3,(H,19,20). The SMILES string of the molecule is CC(=O)N1CCC(C(=O)N(CCN(C)C)CC(=O)O)CC1. The third-order valence-electron chi connectivity index (χ3n) is 3.74. The van der Waals surface area contributed by atoms with Crippen molar-refractivity contribution in [2.75, 3.05) is 46.8 Å². The number of carbonyl (C=O) groups is 3. The van der Waals surface area contributed by atoms with Crippen molar-refractivity contribution >= 4 is 17.8 Å². The van der Waals surface area contributed by atoms with Gasteiger partial charge in [0.05, 0.1) is 0 Å². The molecule has 0 saturated carbocycles. The van der Waals surface area contributed by atoms with Crippen LogP contribution >= 0.6 is 0 Å². The number of likely N-dealkylation sites (N-methyl/N-ethyl adjacent to an activating group) is 1. The number of carboxylic acids is 1. The van der Waals surface area contributed by atoms with Gasteiger partial charge in [0.1, 0.15) is 6.54 Å². The molecule has 1 heterocycles. The number of nitrogens with zero attached hydrogens (tertiary/aromatic N) is 3. The van der Waals surface area contributed by atoms with Crippen LogP contribution in [0.4, 0.5) is 0 Å². The van der Waals surface area contributed by atoms with Crippen LogP contribution in [0.3, 0.4) is 0 Å². The molecular weight excluding hydrogens is 274 g/mol. The van der Waals surface area contributed by atoms with E-state index in [-0.39, 0.29) is 24.3 Å². The van der Waals surface area contributed by atoms with Crippen molar-refractivity contribution in [3.05, 3.63) is 0 Å². The summed E-state index contributed by atoms with van der Waals surface area (Å²) in [4.78, 5) is 39.7. The van der Waals surface area contributed by atoms with E-state index in [9.17, 15) is 14.4 Å². The van der Waals surface area contributed by atoms with Gasteiger partial charge in [-0.15, -0.1) is 0 Å². The Morgan fingerprint density at radius 3 is 2.14 bits per heavy atom. The molecule has 1 N–H and O–H groups in total. The maximum atomic E-state index is 12.5. The zero-order valence-electron chi connectivity index (χ0n) is 13.0. The number of amides is 2. The summed E-state index contributed by atoms with van der Waals surface area (Å²) < 4.78 is 0. The lowest BCUT2D eigenvalue weighted by atomic mass is 9.95. The number of likely N-dealkylation sites (tertiary alicyclic amines) is 1. The van der Waals surface area contributed by atoms with E-state index in [4.69, 9.17) is 5.11 Å². The molecule has 0 aliphatic carbocycles. The van der Waals surface area contributed by atoms with Gasteiger partial charge in [-0.3, -0.25) is 14.4 Å².